The second-order valence-electron chi connectivity index (χ2n) is 8.25. The van der Waals surface area contributed by atoms with Gasteiger partial charge in [0.05, 0.1) is 18.2 Å². The van der Waals surface area contributed by atoms with Crippen molar-refractivity contribution in [3.05, 3.63) is 94.2 Å². The van der Waals surface area contributed by atoms with Gasteiger partial charge in [0.15, 0.2) is 0 Å². The smallest absolute Gasteiger partial charge is 0.272 e. The Bertz CT molecular complexity index is 1380. The average Bonchev–Trinajstić information content (AvgIpc) is 2.90. The van der Waals surface area contributed by atoms with Crippen LogP contribution in [0.5, 0.6) is 5.75 Å². The van der Waals surface area contributed by atoms with E-state index in [-0.39, 0.29) is 11.5 Å². The Hall–Kier alpha value is -4.20. The highest BCUT2D eigenvalue weighted by atomic mass is 16.5. The zero-order chi connectivity index (χ0) is 23.5. The average molecular weight is 456 g/mol. The van der Waals surface area contributed by atoms with E-state index in [0.29, 0.717) is 30.6 Å². The van der Waals surface area contributed by atoms with Crippen molar-refractivity contribution >= 4 is 22.4 Å². The molecule has 0 bridgehead atoms. The van der Waals surface area contributed by atoms with Crippen LogP contribution in [0.3, 0.4) is 0 Å². The molecular weight excluding hydrogens is 430 g/mol. The van der Waals surface area contributed by atoms with Crippen molar-refractivity contribution in [2.45, 2.75) is 6.42 Å². The first-order chi connectivity index (χ1) is 16.6. The number of carbonyl (C=O) groups is 1. The topological polar surface area (TPSA) is 91.4 Å². The SMILES string of the molecule is COc1ccc(N2CCN(C(=O)c3cc(Cc4n[nH]c(=O)c5ccccc45)ccn3)CC2)cc1. The number of hydrogen-bond donors (Lipinski definition) is 1. The van der Waals surface area contributed by atoms with Crippen molar-refractivity contribution in [3.8, 4) is 5.75 Å². The summed E-state index contributed by atoms with van der Waals surface area (Å²) in [6, 6.07) is 19.1. The van der Waals surface area contributed by atoms with Gasteiger partial charge in [-0.05, 0) is 48.0 Å². The molecule has 8 nitrogen and oxygen atoms in total. The molecule has 4 aromatic rings. The normalized spacial score (nSPS) is 13.8. The van der Waals surface area contributed by atoms with Gasteiger partial charge in [-0.1, -0.05) is 18.2 Å². The fourth-order valence-corrected chi connectivity index (χ4v) is 4.32. The van der Waals surface area contributed by atoms with Crippen LogP contribution in [-0.2, 0) is 6.42 Å². The van der Waals surface area contributed by atoms with E-state index in [1.807, 2.05) is 59.5 Å². The summed E-state index contributed by atoms with van der Waals surface area (Å²) in [4.78, 5) is 33.7. The van der Waals surface area contributed by atoms with Crippen LogP contribution in [0.25, 0.3) is 10.8 Å². The van der Waals surface area contributed by atoms with Gasteiger partial charge in [0.2, 0.25) is 0 Å². The molecular formula is C26H25N5O3. The number of hydrogen-bond acceptors (Lipinski definition) is 6. The molecule has 172 valence electrons. The minimum atomic E-state index is -0.210. The van der Waals surface area contributed by atoms with E-state index in [4.69, 9.17) is 4.74 Å². The maximum absolute atomic E-state index is 13.2. The molecule has 1 aliphatic heterocycles. The number of fused-ring (bicyclic) bond motifs is 1. The second-order valence-corrected chi connectivity index (χ2v) is 8.25. The summed E-state index contributed by atoms with van der Waals surface area (Å²) in [6.07, 6.45) is 2.15. The number of nitrogens with one attached hydrogen (secondary N) is 1. The number of pyridine rings is 1. The van der Waals surface area contributed by atoms with Gasteiger partial charge >= 0.3 is 0 Å². The minimum Gasteiger partial charge on any atom is -0.497 e. The molecule has 2 aromatic carbocycles. The molecule has 0 aliphatic carbocycles. The van der Waals surface area contributed by atoms with Gasteiger partial charge in [-0.2, -0.15) is 5.10 Å². The number of nitrogens with zero attached hydrogens (tertiary/aromatic N) is 4. The fraction of sp³-hybridized carbons (Fsp3) is 0.231. The van der Waals surface area contributed by atoms with E-state index in [9.17, 15) is 9.59 Å². The Balaban J connectivity index is 1.28. The molecule has 0 atom stereocenters. The largest absolute Gasteiger partial charge is 0.497 e. The fourth-order valence-electron chi connectivity index (χ4n) is 4.32. The Morgan fingerprint density at radius 3 is 2.47 bits per heavy atom. The van der Waals surface area contributed by atoms with E-state index in [1.165, 1.54) is 0 Å². The maximum Gasteiger partial charge on any atom is 0.272 e. The monoisotopic (exact) mass is 455 g/mol. The second kappa shape index (κ2) is 9.35. The zero-order valence-electron chi connectivity index (χ0n) is 18.9. The third-order valence-electron chi connectivity index (χ3n) is 6.19. The number of amides is 1. The van der Waals surface area contributed by atoms with Gasteiger partial charge in [0.25, 0.3) is 11.5 Å². The number of piperazine rings is 1. The zero-order valence-corrected chi connectivity index (χ0v) is 18.9. The molecule has 3 heterocycles. The van der Waals surface area contributed by atoms with Crippen molar-refractivity contribution < 1.29 is 9.53 Å². The van der Waals surface area contributed by atoms with Gasteiger partial charge in [0.1, 0.15) is 11.4 Å². The van der Waals surface area contributed by atoms with Crippen LogP contribution in [0.15, 0.2) is 71.7 Å². The number of methoxy groups -OCH3 is 1. The summed E-state index contributed by atoms with van der Waals surface area (Å²) < 4.78 is 5.23. The van der Waals surface area contributed by atoms with Crippen molar-refractivity contribution in [2.75, 3.05) is 38.2 Å². The Morgan fingerprint density at radius 1 is 1.00 bits per heavy atom. The summed E-state index contributed by atoms with van der Waals surface area (Å²) in [6.45, 7) is 2.77. The standard InChI is InChI=1S/C26H25N5O3/c1-34-20-8-6-19(7-9-20)30-12-14-31(15-13-30)26(33)24-17-18(10-11-27-24)16-23-21-4-2-3-5-22(21)25(32)29-28-23/h2-11,17H,12-16H2,1H3,(H,29,32). The molecule has 1 N–H and O–H groups in total. The number of rotatable bonds is 5. The third-order valence-corrected chi connectivity index (χ3v) is 6.19. The van der Waals surface area contributed by atoms with Gasteiger partial charge in [0, 0.05) is 49.9 Å². The van der Waals surface area contributed by atoms with Crippen molar-refractivity contribution in [3.63, 3.8) is 0 Å². The number of benzene rings is 2. The van der Waals surface area contributed by atoms with Crippen LogP contribution in [-0.4, -0.2) is 59.3 Å². The Kier molecular flexibility index (Phi) is 5.95. The lowest BCUT2D eigenvalue weighted by Crippen LogP contribution is -2.49. The van der Waals surface area contributed by atoms with Crippen LogP contribution in [0.4, 0.5) is 5.69 Å². The Labute approximate surface area is 196 Å². The highest BCUT2D eigenvalue weighted by Gasteiger charge is 2.23. The number of aromatic amines is 1. The number of ether oxygens (including phenoxy) is 1. The summed E-state index contributed by atoms with van der Waals surface area (Å²) in [5.41, 5.74) is 3.00. The quantitative estimate of drug-likeness (QED) is 0.498. The molecule has 1 saturated heterocycles. The van der Waals surface area contributed by atoms with Gasteiger partial charge < -0.3 is 14.5 Å². The summed E-state index contributed by atoms with van der Waals surface area (Å²) >= 11 is 0. The maximum atomic E-state index is 13.2. The van der Waals surface area contributed by atoms with Gasteiger partial charge in [-0.15, -0.1) is 0 Å². The lowest BCUT2D eigenvalue weighted by atomic mass is 10.0. The highest BCUT2D eigenvalue weighted by molar-refractivity contribution is 5.92. The first-order valence-electron chi connectivity index (χ1n) is 11.2. The molecule has 34 heavy (non-hydrogen) atoms. The number of anilines is 1. The third kappa shape index (κ3) is 4.34. The summed E-state index contributed by atoms with van der Waals surface area (Å²) in [5.74, 6) is 0.754. The molecule has 1 amide bonds. The Morgan fingerprint density at radius 2 is 1.74 bits per heavy atom. The first-order valence-corrected chi connectivity index (χ1v) is 11.2. The molecule has 1 fully saturated rings. The van der Waals surface area contributed by atoms with E-state index >= 15 is 0 Å². The molecule has 5 rings (SSSR count). The highest BCUT2D eigenvalue weighted by Crippen LogP contribution is 2.21. The van der Waals surface area contributed by atoms with Crippen LogP contribution >= 0.6 is 0 Å². The number of aromatic nitrogens is 3. The van der Waals surface area contributed by atoms with Crippen LogP contribution in [0.1, 0.15) is 21.7 Å². The van der Waals surface area contributed by atoms with Crippen molar-refractivity contribution in [2.24, 2.45) is 0 Å². The number of carbonyl (C=O) groups excluding carboxylic acids is 1. The van der Waals surface area contributed by atoms with Crippen molar-refractivity contribution in [1.29, 1.82) is 0 Å². The number of H-pyrrole nitrogens is 1. The van der Waals surface area contributed by atoms with E-state index in [2.05, 4.69) is 20.1 Å². The molecule has 0 spiro atoms. The van der Waals surface area contributed by atoms with E-state index in [1.54, 1.807) is 19.4 Å². The van der Waals surface area contributed by atoms with Gasteiger partial charge in [-0.25, -0.2) is 5.10 Å². The molecule has 1 aliphatic rings. The predicted molar refractivity (Wildman–Crippen MR) is 131 cm³/mol. The lowest BCUT2D eigenvalue weighted by Gasteiger charge is -2.36. The molecule has 0 radical (unpaired) electrons. The predicted octanol–water partition coefficient (Wildman–Crippen LogP) is 2.88. The van der Waals surface area contributed by atoms with E-state index in [0.717, 1.165) is 41.2 Å². The van der Waals surface area contributed by atoms with Gasteiger partial charge in [-0.3, -0.25) is 14.6 Å². The van der Waals surface area contributed by atoms with Crippen LogP contribution < -0.4 is 15.2 Å². The molecule has 0 unspecified atom stereocenters. The molecule has 0 saturated carbocycles. The lowest BCUT2D eigenvalue weighted by molar-refractivity contribution is 0.0740. The van der Waals surface area contributed by atoms with Crippen LogP contribution in [0.2, 0.25) is 0 Å². The molecule has 8 heteroatoms. The molecule has 2 aromatic heterocycles. The van der Waals surface area contributed by atoms with Crippen molar-refractivity contribution in [1.82, 2.24) is 20.1 Å². The van der Waals surface area contributed by atoms with Crippen LogP contribution in [0, 0.1) is 0 Å². The minimum absolute atomic E-state index is 0.0736. The first kappa shape index (κ1) is 21.6. The van der Waals surface area contributed by atoms with E-state index < -0.39 is 0 Å². The summed E-state index contributed by atoms with van der Waals surface area (Å²) in [5, 5.41) is 8.23. The summed E-state index contributed by atoms with van der Waals surface area (Å²) in [7, 11) is 1.65.